The molecule has 0 aromatic heterocycles. The molecule has 1 aromatic carbocycles. The number of benzene rings is 1. The van der Waals surface area contributed by atoms with Crippen LogP contribution in [0, 0.1) is 11.3 Å². The van der Waals surface area contributed by atoms with Gasteiger partial charge in [0.2, 0.25) is 5.91 Å². The van der Waals surface area contributed by atoms with Crippen LogP contribution in [0.4, 0.5) is 5.69 Å². The summed E-state index contributed by atoms with van der Waals surface area (Å²) in [6.07, 6.45) is 1.31. The molecule has 102 valence electrons. The van der Waals surface area contributed by atoms with Crippen LogP contribution in [-0.4, -0.2) is 17.4 Å². The normalized spacial score (nSPS) is 11.7. The van der Waals surface area contributed by atoms with Crippen molar-refractivity contribution in [1.29, 1.82) is 5.41 Å². The molecule has 0 aliphatic heterocycles. The third kappa shape index (κ3) is 4.32. The Balaban J connectivity index is 2.80. The molecule has 0 saturated carbocycles. The lowest BCUT2D eigenvalue weighted by Gasteiger charge is -2.11. The van der Waals surface area contributed by atoms with E-state index in [4.69, 9.17) is 5.41 Å². The van der Waals surface area contributed by atoms with Crippen LogP contribution in [0.1, 0.15) is 44.0 Å². The van der Waals surface area contributed by atoms with Gasteiger partial charge in [-0.3, -0.25) is 9.59 Å². The maximum absolute atomic E-state index is 11.8. The summed E-state index contributed by atoms with van der Waals surface area (Å²) in [4.78, 5) is 23.6. The van der Waals surface area contributed by atoms with Crippen LogP contribution in [-0.2, 0) is 4.79 Å². The molecule has 0 heterocycles. The standard InChI is InChI=1S/C15H20N2O2/c1-4-6-14(18)12-7-5-8-13(9-12)17-15(19)10(2)11(3)16/h5,7-10,16H,4,6H2,1-3H3,(H,17,19). The third-order valence-electron chi connectivity index (χ3n) is 2.97. The van der Waals surface area contributed by atoms with Crippen LogP contribution in [0.2, 0.25) is 0 Å². The van der Waals surface area contributed by atoms with Crippen molar-refractivity contribution in [3.63, 3.8) is 0 Å². The molecule has 4 heteroatoms. The highest BCUT2D eigenvalue weighted by Crippen LogP contribution is 2.14. The van der Waals surface area contributed by atoms with Gasteiger partial charge >= 0.3 is 0 Å². The molecular weight excluding hydrogens is 240 g/mol. The first-order valence-electron chi connectivity index (χ1n) is 6.44. The van der Waals surface area contributed by atoms with Crippen LogP contribution < -0.4 is 5.32 Å². The summed E-state index contributed by atoms with van der Waals surface area (Å²) in [6, 6.07) is 6.92. The predicted molar refractivity (Wildman–Crippen MR) is 76.9 cm³/mol. The van der Waals surface area contributed by atoms with E-state index in [2.05, 4.69) is 5.32 Å². The number of carbonyl (C=O) groups excluding carboxylic acids is 2. The Labute approximate surface area is 113 Å². The zero-order valence-electron chi connectivity index (χ0n) is 11.6. The van der Waals surface area contributed by atoms with Gasteiger partial charge in [0.1, 0.15) is 0 Å². The molecule has 1 aromatic rings. The number of amides is 1. The Hall–Kier alpha value is -1.97. The summed E-state index contributed by atoms with van der Waals surface area (Å²) in [6.45, 7) is 5.24. The molecule has 0 bridgehead atoms. The number of hydrogen-bond donors (Lipinski definition) is 2. The molecule has 19 heavy (non-hydrogen) atoms. The lowest BCUT2D eigenvalue weighted by Crippen LogP contribution is -2.25. The third-order valence-corrected chi connectivity index (χ3v) is 2.97. The van der Waals surface area contributed by atoms with E-state index in [1.165, 1.54) is 0 Å². The number of nitrogens with one attached hydrogen (secondary N) is 2. The Bertz CT molecular complexity index is 495. The summed E-state index contributed by atoms with van der Waals surface area (Å²) in [5.41, 5.74) is 1.52. The monoisotopic (exact) mass is 260 g/mol. The molecular formula is C15H20N2O2. The molecule has 0 aliphatic carbocycles. The highest BCUT2D eigenvalue weighted by molar-refractivity contribution is 6.07. The molecule has 0 aliphatic rings. The summed E-state index contributed by atoms with van der Waals surface area (Å²) in [5.74, 6) is -0.613. The van der Waals surface area contributed by atoms with E-state index in [9.17, 15) is 9.59 Å². The lowest BCUT2D eigenvalue weighted by molar-refractivity contribution is -0.117. The van der Waals surface area contributed by atoms with Gasteiger partial charge in [-0.25, -0.2) is 0 Å². The van der Waals surface area contributed by atoms with Gasteiger partial charge < -0.3 is 10.7 Å². The quantitative estimate of drug-likeness (QED) is 0.608. The van der Waals surface area contributed by atoms with Gasteiger partial charge in [-0.05, 0) is 32.4 Å². The fourth-order valence-electron chi connectivity index (χ4n) is 1.59. The van der Waals surface area contributed by atoms with Gasteiger partial charge in [0, 0.05) is 23.4 Å². The molecule has 1 amide bonds. The second-order valence-corrected chi connectivity index (χ2v) is 4.65. The fourth-order valence-corrected chi connectivity index (χ4v) is 1.59. The van der Waals surface area contributed by atoms with Crippen LogP contribution in [0.25, 0.3) is 0 Å². The van der Waals surface area contributed by atoms with E-state index < -0.39 is 5.92 Å². The highest BCUT2D eigenvalue weighted by atomic mass is 16.2. The largest absolute Gasteiger partial charge is 0.326 e. The number of ketones is 1. The van der Waals surface area contributed by atoms with Crippen molar-refractivity contribution in [2.45, 2.75) is 33.6 Å². The summed E-state index contributed by atoms with van der Waals surface area (Å²) in [5, 5.41) is 10.2. The van der Waals surface area contributed by atoms with Gasteiger partial charge in [0.15, 0.2) is 5.78 Å². The predicted octanol–water partition coefficient (Wildman–Crippen LogP) is 3.28. The molecule has 0 fully saturated rings. The average molecular weight is 260 g/mol. The number of carbonyl (C=O) groups is 2. The van der Waals surface area contributed by atoms with Crippen molar-refractivity contribution in [2.75, 3.05) is 5.32 Å². The summed E-state index contributed by atoms with van der Waals surface area (Å²) < 4.78 is 0. The zero-order chi connectivity index (χ0) is 14.4. The molecule has 0 radical (unpaired) electrons. The molecule has 2 N–H and O–H groups in total. The van der Waals surface area contributed by atoms with Crippen LogP contribution >= 0.6 is 0 Å². The maximum atomic E-state index is 11.8. The average Bonchev–Trinajstić information content (AvgIpc) is 2.38. The smallest absolute Gasteiger partial charge is 0.232 e. The van der Waals surface area contributed by atoms with Crippen molar-refractivity contribution in [1.82, 2.24) is 0 Å². The van der Waals surface area contributed by atoms with E-state index in [1.54, 1.807) is 38.1 Å². The van der Waals surface area contributed by atoms with Gasteiger partial charge in [-0.15, -0.1) is 0 Å². The maximum Gasteiger partial charge on any atom is 0.232 e. The van der Waals surface area contributed by atoms with E-state index >= 15 is 0 Å². The fraction of sp³-hybridized carbons (Fsp3) is 0.400. The Kier molecular flexibility index (Phi) is 5.42. The van der Waals surface area contributed by atoms with Crippen molar-refractivity contribution in [3.8, 4) is 0 Å². The lowest BCUT2D eigenvalue weighted by atomic mass is 10.0. The molecule has 0 spiro atoms. The zero-order valence-corrected chi connectivity index (χ0v) is 11.6. The molecule has 0 saturated heterocycles. The van der Waals surface area contributed by atoms with Crippen molar-refractivity contribution in [3.05, 3.63) is 29.8 Å². The first-order chi connectivity index (χ1) is 8.95. The molecule has 1 rings (SSSR count). The minimum atomic E-state index is -0.463. The van der Waals surface area contributed by atoms with Crippen LogP contribution in [0.15, 0.2) is 24.3 Å². The first-order valence-corrected chi connectivity index (χ1v) is 6.44. The Morgan fingerprint density at radius 2 is 2.05 bits per heavy atom. The minimum Gasteiger partial charge on any atom is -0.326 e. The highest BCUT2D eigenvalue weighted by Gasteiger charge is 2.15. The molecule has 1 atom stereocenters. The Morgan fingerprint density at radius 1 is 1.37 bits per heavy atom. The SMILES string of the molecule is CCCC(=O)c1cccc(NC(=O)C(C)C(C)=N)c1. The Morgan fingerprint density at radius 3 is 2.63 bits per heavy atom. The van der Waals surface area contributed by atoms with Gasteiger partial charge in [0.05, 0.1) is 5.92 Å². The first kappa shape index (κ1) is 15.1. The summed E-state index contributed by atoms with van der Waals surface area (Å²) >= 11 is 0. The minimum absolute atomic E-state index is 0.0786. The summed E-state index contributed by atoms with van der Waals surface area (Å²) in [7, 11) is 0. The van der Waals surface area contributed by atoms with Gasteiger partial charge in [-0.2, -0.15) is 0 Å². The second kappa shape index (κ2) is 6.83. The molecule has 1 unspecified atom stereocenters. The second-order valence-electron chi connectivity index (χ2n) is 4.65. The van der Waals surface area contributed by atoms with E-state index in [0.29, 0.717) is 23.4 Å². The number of anilines is 1. The van der Waals surface area contributed by atoms with E-state index in [-0.39, 0.29) is 11.7 Å². The topological polar surface area (TPSA) is 70.0 Å². The van der Waals surface area contributed by atoms with E-state index in [0.717, 1.165) is 6.42 Å². The van der Waals surface area contributed by atoms with Crippen molar-refractivity contribution >= 4 is 23.1 Å². The number of Topliss-reactive ketones (excluding diaryl/α,β-unsaturated/α-hetero) is 1. The van der Waals surface area contributed by atoms with Crippen LogP contribution in [0.5, 0.6) is 0 Å². The van der Waals surface area contributed by atoms with Gasteiger partial charge in [-0.1, -0.05) is 19.1 Å². The van der Waals surface area contributed by atoms with Gasteiger partial charge in [0.25, 0.3) is 0 Å². The molecule has 4 nitrogen and oxygen atoms in total. The number of hydrogen-bond acceptors (Lipinski definition) is 3. The number of rotatable bonds is 6. The van der Waals surface area contributed by atoms with E-state index in [1.807, 2.05) is 6.92 Å². The van der Waals surface area contributed by atoms with Crippen molar-refractivity contribution < 1.29 is 9.59 Å². The van der Waals surface area contributed by atoms with Crippen LogP contribution in [0.3, 0.4) is 0 Å². The van der Waals surface area contributed by atoms with Crippen molar-refractivity contribution in [2.24, 2.45) is 5.92 Å².